The molecule has 1 fully saturated rings. The highest BCUT2D eigenvalue weighted by Crippen LogP contribution is 2.23. The van der Waals surface area contributed by atoms with E-state index in [1.807, 2.05) is 0 Å². The van der Waals surface area contributed by atoms with Crippen LogP contribution in [-0.4, -0.2) is 87.7 Å². The van der Waals surface area contributed by atoms with Gasteiger partial charge in [0.25, 0.3) is 5.91 Å². The SMILES string of the molecule is CCO.CCO.N=C(OC(=N)c1nc(-c2ccc(C(=O)N3CCCNCC3)c(F)c2)cnc1N)c1ccccc1.O.P.[HH].[HH]. The first-order valence-corrected chi connectivity index (χ1v) is 12.8. The van der Waals surface area contributed by atoms with E-state index >= 15 is 0 Å². The topological polar surface area (TPSA) is 213 Å². The van der Waals surface area contributed by atoms with Crippen LogP contribution in [0.25, 0.3) is 11.3 Å². The van der Waals surface area contributed by atoms with Gasteiger partial charge in [-0.2, -0.15) is 9.90 Å². The number of nitrogen functional groups attached to an aromatic ring is 1. The normalized spacial score (nSPS) is 12.0. The Bertz CT molecular complexity index is 1290. The van der Waals surface area contributed by atoms with Crippen LogP contribution in [0.2, 0.25) is 0 Å². The van der Waals surface area contributed by atoms with Crippen molar-refractivity contribution < 1.29 is 32.5 Å². The minimum Gasteiger partial charge on any atom is -0.419 e. The first-order valence-electron chi connectivity index (χ1n) is 12.8. The highest BCUT2D eigenvalue weighted by atomic mass is 31.0. The van der Waals surface area contributed by atoms with E-state index in [0.29, 0.717) is 30.8 Å². The van der Waals surface area contributed by atoms with E-state index < -0.39 is 11.7 Å². The molecule has 9 N–H and O–H groups in total. The Morgan fingerprint density at radius 2 is 1.74 bits per heavy atom. The van der Waals surface area contributed by atoms with Crippen molar-refractivity contribution in [3.05, 3.63) is 77.4 Å². The monoisotopic (exact) mass is 609 g/mol. The number of carbonyl (C=O) groups is 1. The predicted molar refractivity (Wildman–Crippen MR) is 171 cm³/mol. The first kappa shape index (κ1) is 38.1. The number of rotatable bonds is 4. The Balaban J connectivity index is -0.00000156. The molecule has 234 valence electrons. The molecule has 2 aromatic carbocycles. The van der Waals surface area contributed by atoms with E-state index in [-0.39, 0.29) is 66.0 Å². The van der Waals surface area contributed by atoms with E-state index in [2.05, 4.69) is 15.3 Å². The van der Waals surface area contributed by atoms with Crippen LogP contribution in [0.4, 0.5) is 10.2 Å². The Hall–Kier alpha value is -3.87. The van der Waals surface area contributed by atoms with Crippen molar-refractivity contribution in [2.75, 3.05) is 45.1 Å². The number of aliphatic hydroxyl groups excluding tert-OH is 2. The summed E-state index contributed by atoms with van der Waals surface area (Å²) >= 11 is 0. The maximum atomic E-state index is 14.9. The number of nitrogens with zero attached hydrogens (tertiary/aromatic N) is 3. The fraction of sp³-hybridized carbons (Fsp3) is 0.321. The molecule has 0 spiro atoms. The van der Waals surface area contributed by atoms with Gasteiger partial charge in [-0.15, -0.1) is 0 Å². The van der Waals surface area contributed by atoms with Crippen LogP contribution >= 0.6 is 9.90 Å². The third-order valence-electron chi connectivity index (χ3n) is 5.38. The summed E-state index contributed by atoms with van der Waals surface area (Å²) in [6, 6.07) is 12.9. The summed E-state index contributed by atoms with van der Waals surface area (Å²) in [5.41, 5.74) is 6.89. The zero-order valence-electron chi connectivity index (χ0n) is 23.9. The quantitative estimate of drug-likeness (QED) is 0.146. The summed E-state index contributed by atoms with van der Waals surface area (Å²) < 4.78 is 20.2. The second kappa shape index (κ2) is 20.1. The van der Waals surface area contributed by atoms with Gasteiger partial charge >= 0.3 is 0 Å². The molecule has 0 aliphatic carbocycles. The van der Waals surface area contributed by atoms with E-state index in [0.717, 1.165) is 13.0 Å². The summed E-state index contributed by atoms with van der Waals surface area (Å²) in [4.78, 5) is 22.8. The Labute approximate surface area is 251 Å². The predicted octanol–water partition coefficient (Wildman–Crippen LogP) is 2.39. The number of hydrogen-bond donors (Lipinski definition) is 6. The van der Waals surface area contributed by atoms with Crippen molar-refractivity contribution in [3.8, 4) is 11.3 Å². The van der Waals surface area contributed by atoms with E-state index in [1.165, 1.54) is 18.3 Å². The summed E-state index contributed by atoms with van der Waals surface area (Å²) in [6.45, 7) is 6.45. The Kier molecular flexibility index (Phi) is 18.2. The number of halogens is 1. The minimum atomic E-state index is -0.669. The van der Waals surface area contributed by atoms with Crippen molar-refractivity contribution in [1.82, 2.24) is 20.2 Å². The maximum absolute atomic E-state index is 14.9. The van der Waals surface area contributed by atoms with E-state index in [4.69, 9.17) is 31.5 Å². The van der Waals surface area contributed by atoms with Crippen LogP contribution < -0.4 is 11.1 Å². The lowest BCUT2D eigenvalue weighted by Gasteiger charge is -2.20. The molecule has 12 nitrogen and oxygen atoms in total. The van der Waals surface area contributed by atoms with Gasteiger partial charge in [-0.3, -0.25) is 15.6 Å². The minimum absolute atomic E-state index is 0. The summed E-state index contributed by atoms with van der Waals surface area (Å²) in [5.74, 6) is -1.78. The molecule has 0 radical (unpaired) electrons. The first-order chi connectivity index (χ1) is 19.3. The summed E-state index contributed by atoms with van der Waals surface area (Å²) in [5, 5.41) is 34.6. The molecule has 1 aromatic heterocycles. The highest BCUT2D eigenvalue weighted by molar-refractivity contribution is 6.92. The fourth-order valence-electron chi connectivity index (χ4n) is 3.57. The average Bonchev–Trinajstić information content (AvgIpc) is 3.24. The lowest BCUT2D eigenvalue weighted by atomic mass is 10.1. The number of carbonyl (C=O) groups excluding carboxylic acids is 1. The molecule has 4 rings (SSSR count). The number of nitrogens with one attached hydrogen (secondary N) is 3. The Morgan fingerprint density at radius 1 is 1.10 bits per heavy atom. The highest BCUT2D eigenvalue weighted by Gasteiger charge is 2.21. The van der Waals surface area contributed by atoms with Gasteiger partial charge in [0.15, 0.2) is 11.5 Å². The van der Waals surface area contributed by atoms with Gasteiger partial charge in [0.2, 0.25) is 11.8 Å². The third-order valence-corrected chi connectivity index (χ3v) is 5.38. The zero-order valence-corrected chi connectivity index (χ0v) is 25.3. The standard InChI is InChI=1S/C24H24FN7O2.2C2H6O.H2O.H3P.2H2/c25-18-13-16(7-8-17(18)24(33)32-11-4-9-29-10-12-32)19-14-30-21(26)20(31-19)23(28)34-22(27)15-5-2-1-3-6-15;2*1-2-3;;;;/h1-3,5-8,13-14,27-29H,4,9-12H2,(H2,26,30);2*3H,2H2,1H3;1H2;1H3;2*1H. The van der Waals surface area contributed by atoms with Crippen LogP contribution in [0.5, 0.6) is 0 Å². The van der Waals surface area contributed by atoms with E-state index in [9.17, 15) is 9.18 Å². The van der Waals surface area contributed by atoms with Gasteiger partial charge in [-0.05, 0) is 51.1 Å². The van der Waals surface area contributed by atoms with Crippen molar-refractivity contribution in [1.29, 1.82) is 10.8 Å². The van der Waals surface area contributed by atoms with E-state index in [1.54, 1.807) is 55.1 Å². The number of ether oxygens (including phenoxy) is 1. The van der Waals surface area contributed by atoms with Gasteiger partial charge in [-0.25, -0.2) is 14.4 Å². The number of anilines is 1. The van der Waals surface area contributed by atoms with Crippen LogP contribution in [0.15, 0.2) is 54.7 Å². The lowest BCUT2D eigenvalue weighted by Crippen LogP contribution is -2.34. The van der Waals surface area contributed by atoms with Gasteiger partial charge in [0.1, 0.15) is 5.82 Å². The zero-order chi connectivity index (χ0) is 29.5. The van der Waals surface area contributed by atoms with Gasteiger partial charge in [0.05, 0.1) is 17.5 Å². The van der Waals surface area contributed by atoms with Crippen molar-refractivity contribution in [2.45, 2.75) is 20.3 Å². The smallest absolute Gasteiger partial charge is 0.256 e. The van der Waals surface area contributed by atoms with Crippen molar-refractivity contribution in [3.63, 3.8) is 0 Å². The molecule has 1 atom stereocenters. The molecule has 1 saturated heterocycles. The van der Waals surface area contributed by atoms with Crippen LogP contribution in [0, 0.1) is 16.6 Å². The number of hydrogen-bond acceptors (Lipinski definition) is 10. The van der Waals surface area contributed by atoms with Crippen LogP contribution in [-0.2, 0) is 4.74 Å². The van der Waals surface area contributed by atoms with Gasteiger partial charge in [0, 0.05) is 46.8 Å². The molecule has 1 aliphatic rings. The van der Waals surface area contributed by atoms with Crippen LogP contribution in [0.3, 0.4) is 0 Å². The maximum Gasteiger partial charge on any atom is 0.256 e. The second-order valence-corrected chi connectivity index (χ2v) is 8.34. The van der Waals surface area contributed by atoms with Crippen molar-refractivity contribution >= 4 is 33.4 Å². The number of benzene rings is 2. The largest absolute Gasteiger partial charge is 0.419 e. The molecule has 14 heteroatoms. The molecule has 0 bridgehead atoms. The molecular weight excluding hydrogens is 564 g/mol. The van der Waals surface area contributed by atoms with Gasteiger partial charge < -0.3 is 36.4 Å². The number of amides is 1. The molecule has 1 amide bonds. The average molecular weight is 610 g/mol. The number of aromatic nitrogens is 2. The van der Waals surface area contributed by atoms with Gasteiger partial charge in [-0.1, -0.05) is 24.3 Å². The lowest BCUT2D eigenvalue weighted by molar-refractivity contribution is 0.0761. The number of nitrogens with two attached hydrogens (primary N) is 1. The number of aliphatic hydroxyl groups is 2. The fourth-order valence-corrected chi connectivity index (χ4v) is 3.57. The Morgan fingerprint density at radius 3 is 2.36 bits per heavy atom. The molecule has 1 unspecified atom stereocenters. The molecule has 0 saturated carbocycles. The second-order valence-electron chi connectivity index (χ2n) is 8.34. The molecular formula is C28H45FN7O5P. The summed E-state index contributed by atoms with van der Waals surface area (Å²) in [6.07, 6.45) is 2.16. The summed E-state index contributed by atoms with van der Waals surface area (Å²) in [7, 11) is 0. The molecule has 1 aliphatic heterocycles. The molecule has 3 aromatic rings. The third kappa shape index (κ3) is 11.2. The van der Waals surface area contributed by atoms with Crippen LogP contribution in [0.1, 0.15) is 44.7 Å². The molecule has 42 heavy (non-hydrogen) atoms. The molecule has 2 heterocycles. The van der Waals surface area contributed by atoms with Crippen molar-refractivity contribution in [2.24, 2.45) is 0 Å².